The molecule has 0 unspecified atom stereocenters. The molecule has 1 aromatic rings. The van der Waals surface area contributed by atoms with Gasteiger partial charge in [-0.3, -0.25) is 9.36 Å². The molecule has 0 aliphatic rings. The average Bonchev–Trinajstić information content (AvgIpc) is 2.91. The molecular weight excluding hydrogens is 311 g/mol. The van der Waals surface area contributed by atoms with E-state index in [1.807, 2.05) is 0 Å². The van der Waals surface area contributed by atoms with Gasteiger partial charge in [0.1, 0.15) is 6.26 Å². The van der Waals surface area contributed by atoms with Crippen LogP contribution in [0.3, 0.4) is 0 Å². The van der Waals surface area contributed by atoms with Gasteiger partial charge in [0.25, 0.3) is 5.52 Å². The topological polar surface area (TPSA) is 65.7 Å². The van der Waals surface area contributed by atoms with Crippen LogP contribution in [0.1, 0.15) is 49.5 Å². The lowest BCUT2D eigenvalue weighted by molar-refractivity contribution is 0.1000. The van der Waals surface area contributed by atoms with E-state index in [-0.39, 0.29) is 13.2 Å². The second-order valence-electron chi connectivity index (χ2n) is 4.36. The highest BCUT2D eigenvalue weighted by Gasteiger charge is 2.37. The molecule has 0 aliphatic carbocycles. The van der Waals surface area contributed by atoms with E-state index in [9.17, 15) is 9.36 Å². The highest BCUT2D eigenvalue weighted by Crippen LogP contribution is 2.51. The molecule has 0 fully saturated rings. The molecule has 0 spiro atoms. The molecule has 1 heterocycles. The van der Waals surface area contributed by atoms with Crippen molar-refractivity contribution in [3.8, 4) is 0 Å². The van der Waals surface area contributed by atoms with Crippen molar-refractivity contribution < 1.29 is 22.8 Å². The van der Waals surface area contributed by atoms with Gasteiger partial charge >= 0.3 is 7.60 Å². The van der Waals surface area contributed by atoms with Crippen LogP contribution in [0.5, 0.6) is 0 Å². The fourth-order valence-electron chi connectivity index (χ4n) is 1.69. The quantitative estimate of drug-likeness (QED) is 0.431. The SMILES string of the molecule is CCCCSCc1cocc1C(=O)P(=O)(OCC)OCC. The standard InChI is InChI=1S/C14H23O5PS/c1-4-7-8-21-11-12-9-17-10-13(12)14(15)20(16,18-5-2)19-6-3/h9-10H,4-8,11H2,1-3H3. The van der Waals surface area contributed by atoms with Crippen LogP contribution in [0.15, 0.2) is 16.9 Å². The number of carbonyl (C=O) groups excluding carboxylic acids is 1. The van der Waals surface area contributed by atoms with E-state index >= 15 is 0 Å². The first kappa shape index (κ1) is 18.5. The van der Waals surface area contributed by atoms with Gasteiger partial charge in [-0.05, 0) is 26.0 Å². The number of hydrogen-bond donors (Lipinski definition) is 0. The molecule has 5 nitrogen and oxygen atoms in total. The number of thioether (sulfide) groups is 1. The van der Waals surface area contributed by atoms with Crippen LogP contribution in [0.2, 0.25) is 0 Å². The number of rotatable bonds is 11. The maximum Gasteiger partial charge on any atom is 0.401 e. The minimum absolute atomic E-state index is 0.154. The molecule has 0 saturated heterocycles. The van der Waals surface area contributed by atoms with E-state index < -0.39 is 13.1 Å². The van der Waals surface area contributed by atoms with Crippen LogP contribution in [0.25, 0.3) is 0 Å². The molecule has 21 heavy (non-hydrogen) atoms. The molecule has 0 atom stereocenters. The maximum atomic E-state index is 12.5. The summed E-state index contributed by atoms with van der Waals surface area (Å²) in [6.45, 7) is 5.79. The summed E-state index contributed by atoms with van der Waals surface area (Å²) < 4.78 is 27.8. The molecule has 120 valence electrons. The fourth-order valence-corrected chi connectivity index (χ4v) is 4.25. The van der Waals surface area contributed by atoms with E-state index in [1.165, 1.54) is 12.5 Å². The van der Waals surface area contributed by atoms with E-state index in [4.69, 9.17) is 13.5 Å². The van der Waals surface area contributed by atoms with Crippen molar-refractivity contribution in [2.45, 2.75) is 39.4 Å². The van der Waals surface area contributed by atoms with Crippen molar-refractivity contribution >= 4 is 24.9 Å². The zero-order valence-corrected chi connectivity index (χ0v) is 14.5. The number of carbonyl (C=O) groups is 1. The largest absolute Gasteiger partial charge is 0.471 e. The average molecular weight is 334 g/mol. The van der Waals surface area contributed by atoms with Crippen molar-refractivity contribution in [3.05, 3.63) is 23.7 Å². The van der Waals surface area contributed by atoms with Gasteiger partial charge in [-0.15, -0.1) is 0 Å². The minimum atomic E-state index is -3.78. The van der Waals surface area contributed by atoms with Gasteiger partial charge in [0.2, 0.25) is 0 Å². The third-order valence-corrected chi connectivity index (χ3v) is 5.75. The summed E-state index contributed by atoms with van der Waals surface area (Å²) in [5, 5.41) is 0. The minimum Gasteiger partial charge on any atom is -0.471 e. The maximum absolute atomic E-state index is 12.5. The Morgan fingerprint density at radius 3 is 2.48 bits per heavy atom. The van der Waals surface area contributed by atoms with E-state index in [0.717, 1.165) is 24.2 Å². The molecule has 0 aliphatic heterocycles. The molecule has 0 N–H and O–H groups in total. The van der Waals surface area contributed by atoms with Crippen LogP contribution in [0.4, 0.5) is 0 Å². The Bertz CT molecular complexity index is 475. The van der Waals surface area contributed by atoms with E-state index in [2.05, 4.69) is 6.92 Å². The number of unbranched alkanes of at least 4 members (excludes halogenated alkanes) is 1. The van der Waals surface area contributed by atoms with Crippen molar-refractivity contribution in [3.63, 3.8) is 0 Å². The smallest absolute Gasteiger partial charge is 0.401 e. The summed E-state index contributed by atoms with van der Waals surface area (Å²) in [4.78, 5) is 12.4. The highest BCUT2D eigenvalue weighted by molar-refractivity contribution is 7.98. The first-order chi connectivity index (χ1) is 10.1. The molecule has 7 heteroatoms. The zero-order chi connectivity index (χ0) is 15.7. The zero-order valence-electron chi connectivity index (χ0n) is 12.8. The van der Waals surface area contributed by atoms with Gasteiger partial charge in [0.05, 0.1) is 25.0 Å². The lowest BCUT2D eigenvalue weighted by Crippen LogP contribution is -2.08. The molecule has 1 rings (SSSR count). The number of hydrogen-bond acceptors (Lipinski definition) is 6. The van der Waals surface area contributed by atoms with Crippen LogP contribution in [-0.2, 0) is 19.4 Å². The Labute approximate surface area is 130 Å². The van der Waals surface area contributed by atoms with Gasteiger partial charge in [0.15, 0.2) is 0 Å². The van der Waals surface area contributed by atoms with Gasteiger partial charge in [0, 0.05) is 11.3 Å². The van der Waals surface area contributed by atoms with Crippen LogP contribution < -0.4 is 0 Å². The van der Waals surface area contributed by atoms with Gasteiger partial charge in [-0.25, -0.2) is 0 Å². The summed E-state index contributed by atoms with van der Waals surface area (Å²) in [7, 11) is -3.78. The summed E-state index contributed by atoms with van der Waals surface area (Å²) in [5.41, 5.74) is 0.413. The van der Waals surface area contributed by atoms with E-state index in [1.54, 1.807) is 25.6 Å². The fraction of sp³-hybridized carbons (Fsp3) is 0.643. The lowest BCUT2D eigenvalue weighted by Gasteiger charge is -2.15. The summed E-state index contributed by atoms with van der Waals surface area (Å²) in [6.07, 6.45) is 5.10. The summed E-state index contributed by atoms with van der Waals surface area (Å²) in [5.74, 6) is 1.67. The Morgan fingerprint density at radius 1 is 1.24 bits per heavy atom. The monoisotopic (exact) mass is 334 g/mol. The predicted molar refractivity (Wildman–Crippen MR) is 85.0 cm³/mol. The second-order valence-corrected chi connectivity index (χ2v) is 7.38. The van der Waals surface area contributed by atoms with Crippen LogP contribution in [-0.4, -0.2) is 24.5 Å². The lowest BCUT2D eigenvalue weighted by atomic mass is 10.2. The van der Waals surface area contributed by atoms with Crippen molar-refractivity contribution in [1.82, 2.24) is 0 Å². The Morgan fingerprint density at radius 2 is 1.90 bits per heavy atom. The molecule has 0 amide bonds. The molecular formula is C14H23O5PS. The predicted octanol–water partition coefficient (Wildman–Crippen LogP) is 4.72. The number of furan rings is 1. The summed E-state index contributed by atoms with van der Waals surface area (Å²) >= 11 is 1.72. The Hall–Kier alpha value is -0.550. The second kappa shape index (κ2) is 9.46. The summed E-state index contributed by atoms with van der Waals surface area (Å²) in [6, 6.07) is 0. The third-order valence-electron chi connectivity index (χ3n) is 2.72. The molecule has 0 saturated carbocycles. The normalized spacial score (nSPS) is 11.8. The van der Waals surface area contributed by atoms with Crippen molar-refractivity contribution in [2.24, 2.45) is 0 Å². The first-order valence-corrected chi connectivity index (χ1v) is 9.85. The van der Waals surface area contributed by atoms with Crippen LogP contribution in [0, 0.1) is 0 Å². The third kappa shape index (κ3) is 5.29. The Kier molecular flexibility index (Phi) is 8.34. The Balaban J connectivity index is 2.81. The molecule has 1 aromatic heterocycles. The van der Waals surface area contributed by atoms with Crippen molar-refractivity contribution in [1.29, 1.82) is 0 Å². The van der Waals surface area contributed by atoms with E-state index in [0.29, 0.717) is 11.3 Å². The van der Waals surface area contributed by atoms with Crippen LogP contribution >= 0.6 is 19.4 Å². The van der Waals surface area contributed by atoms with Gasteiger partial charge in [-0.1, -0.05) is 13.3 Å². The van der Waals surface area contributed by atoms with Gasteiger partial charge < -0.3 is 13.5 Å². The molecule has 0 aromatic carbocycles. The van der Waals surface area contributed by atoms with Gasteiger partial charge in [-0.2, -0.15) is 11.8 Å². The van der Waals surface area contributed by atoms with Crippen molar-refractivity contribution in [2.75, 3.05) is 19.0 Å². The molecule has 0 radical (unpaired) electrons. The molecule has 0 bridgehead atoms. The first-order valence-electron chi connectivity index (χ1n) is 7.15. The highest BCUT2D eigenvalue weighted by atomic mass is 32.2.